The van der Waals surface area contributed by atoms with Gasteiger partial charge in [0, 0.05) is 22.2 Å². The molecular formula is C16H8Cl2FN3O3. The molecule has 9 heteroatoms. The molecule has 0 aliphatic heterocycles. The van der Waals surface area contributed by atoms with E-state index in [1.54, 1.807) is 6.07 Å². The summed E-state index contributed by atoms with van der Waals surface area (Å²) in [5.74, 6) is -1.81. The minimum absolute atomic E-state index is 0.217. The minimum Gasteiger partial charge on any atom is -0.319 e. The summed E-state index contributed by atoms with van der Waals surface area (Å²) in [5.41, 5.74) is -0.824. The molecule has 2 aromatic rings. The molecule has 0 bridgehead atoms. The Morgan fingerprint density at radius 1 is 1.28 bits per heavy atom. The number of hydrogen-bond donors (Lipinski definition) is 1. The highest BCUT2D eigenvalue weighted by Crippen LogP contribution is 2.24. The summed E-state index contributed by atoms with van der Waals surface area (Å²) in [4.78, 5) is 22.1. The van der Waals surface area contributed by atoms with E-state index < -0.39 is 28.0 Å². The fraction of sp³-hybridized carbons (Fsp3) is 0. The maximum atomic E-state index is 13.7. The van der Waals surface area contributed by atoms with Gasteiger partial charge in [0.15, 0.2) is 0 Å². The van der Waals surface area contributed by atoms with Gasteiger partial charge in [-0.05, 0) is 29.8 Å². The van der Waals surface area contributed by atoms with Gasteiger partial charge in [-0.25, -0.2) is 4.39 Å². The molecule has 1 amide bonds. The van der Waals surface area contributed by atoms with Gasteiger partial charge >= 0.3 is 0 Å². The second-order valence-electron chi connectivity index (χ2n) is 4.71. The van der Waals surface area contributed by atoms with E-state index in [0.717, 1.165) is 18.2 Å². The Morgan fingerprint density at radius 3 is 2.60 bits per heavy atom. The van der Waals surface area contributed by atoms with Gasteiger partial charge in [-0.1, -0.05) is 29.3 Å². The van der Waals surface area contributed by atoms with Gasteiger partial charge in [0.05, 0.1) is 10.6 Å². The summed E-state index contributed by atoms with van der Waals surface area (Å²) in [6.45, 7) is 0. The first-order valence-electron chi connectivity index (χ1n) is 6.64. The molecule has 0 spiro atoms. The van der Waals surface area contributed by atoms with Crippen molar-refractivity contribution in [3.05, 3.63) is 73.5 Å². The largest absolute Gasteiger partial charge is 0.319 e. The minimum atomic E-state index is -0.937. The Hall–Kier alpha value is -2.95. The fourth-order valence-electron chi connectivity index (χ4n) is 1.83. The van der Waals surface area contributed by atoms with E-state index >= 15 is 0 Å². The van der Waals surface area contributed by atoms with Crippen LogP contribution in [0, 0.1) is 27.3 Å². The number of nitro groups is 1. The number of benzene rings is 2. The zero-order valence-corrected chi connectivity index (χ0v) is 13.8. The van der Waals surface area contributed by atoms with Crippen LogP contribution >= 0.6 is 23.2 Å². The zero-order valence-electron chi connectivity index (χ0n) is 12.3. The summed E-state index contributed by atoms with van der Waals surface area (Å²) >= 11 is 11.7. The number of nitrogens with one attached hydrogen (secondary N) is 1. The average Bonchev–Trinajstić information content (AvgIpc) is 2.55. The Labute approximate surface area is 151 Å². The molecule has 6 nitrogen and oxygen atoms in total. The van der Waals surface area contributed by atoms with Crippen molar-refractivity contribution in [3.8, 4) is 6.07 Å². The third-order valence-corrected chi connectivity index (χ3v) is 3.60. The van der Waals surface area contributed by atoms with Crippen LogP contribution in [0.15, 0.2) is 42.0 Å². The van der Waals surface area contributed by atoms with Crippen molar-refractivity contribution in [2.24, 2.45) is 0 Å². The van der Waals surface area contributed by atoms with Gasteiger partial charge in [0.25, 0.3) is 11.6 Å². The Bertz CT molecular complexity index is 939. The van der Waals surface area contributed by atoms with Crippen LogP contribution in [0.4, 0.5) is 15.8 Å². The van der Waals surface area contributed by atoms with Crippen molar-refractivity contribution in [1.29, 1.82) is 5.26 Å². The van der Waals surface area contributed by atoms with E-state index in [9.17, 15) is 19.3 Å². The van der Waals surface area contributed by atoms with Crippen LogP contribution in [0.25, 0.3) is 6.08 Å². The summed E-state index contributed by atoms with van der Waals surface area (Å²) in [6.07, 6.45) is 1.20. The van der Waals surface area contributed by atoms with Gasteiger partial charge < -0.3 is 5.32 Å². The molecule has 0 aliphatic carbocycles. The molecule has 0 fully saturated rings. The third kappa shape index (κ3) is 4.53. The smallest absolute Gasteiger partial charge is 0.271 e. The molecular weight excluding hydrogens is 372 g/mol. The van der Waals surface area contributed by atoms with Gasteiger partial charge in [-0.2, -0.15) is 5.26 Å². The molecule has 0 saturated heterocycles. The van der Waals surface area contributed by atoms with Crippen molar-refractivity contribution in [3.63, 3.8) is 0 Å². The second-order valence-corrected chi connectivity index (χ2v) is 5.55. The van der Waals surface area contributed by atoms with Crippen molar-refractivity contribution in [2.45, 2.75) is 0 Å². The van der Waals surface area contributed by atoms with E-state index in [1.165, 1.54) is 24.3 Å². The number of halogens is 3. The van der Waals surface area contributed by atoms with Crippen LogP contribution in [-0.4, -0.2) is 10.8 Å². The van der Waals surface area contributed by atoms with E-state index in [1.807, 2.05) is 0 Å². The number of nitro benzene ring substituents is 1. The van der Waals surface area contributed by atoms with Crippen molar-refractivity contribution in [2.75, 3.05) is 5.32 Å². The Kier molecular flexibility index (Phi) is 5.70. The maximum Gasteiger partial charge on any atom is 0.271 e. The van der Waals surface area contributed by atoms with Gasteiger partial charge in [0.1, 0.15) is 17.5 Å². The van der Waals surface area contributed by atoms with E-state index in [-0.39, 0.29) is 10.6 Å². The number of hydrogen-bond acceptors (Lipinski definition) is 4. The topological polar surface area (TPSA) is 96.0 Å². The highest BCUT2D eigenvalue weighted by Gasteiger charge is 2.16. The first-order chi connectivity index (χ1) is 11.8. The Balaban J connectivity index is 2.32. The first-order valence-corrected chi connectivity index (χ1v) is 7.39. The van der Waals surface area contributed by atoms with E-state index in [2.05, 4.69) is 5.32 Å². The number of nitriles is 1. The van der Waals surface area contributed by atoms with Crippen LogP contribution in [0.2, 0.25) is 10.0 Å². The van der Waals surface area contributed by atoms with Gasteiger partial charge in [-0.15, -0.1) is 0 Å². The molecule has 2 aromatic carbocycles. The molecule has 0 radical (unpaired) electrons. The SMILES string of the molecule is N#CC(=Cc1ccc(Cl)cc1Cl)C(=O)Nc1cc([N+](=O)[O-])ccc1F. The van der Waals surface area contributed by atoms with Crippen molar-refractivity contribution >= 4 is 46.6 Å². The molecule has 0 atom stereocenters. The second kappa shape index (κ2) is 7.75. The van der Waals surface area contributed by atoms with Crippen LogP contribution in [0.1, 0.15) is 5.56 Å². The predicted molar refractivity (Wildman–Crippen MR) is 91.7 cm³/mol. The summed E-state index contributed by atoms with van der Waals surface area (Å²) in [7, 11) is 0. The lowest BCUT2D eigenvalue weighted by atomic mass is 10.1. The summed E-state index contributed by atoms with van der Waals surface area (Å²) in [6, 6.07) is 8.79. The van der Waals surface area contributed by atoms with Crippen LogP contribution < -0.4 is 5.32 Å². The highest BCUT2D eigenvalue weighted by atomic mass is 35.5. The number of non-ortho nitro benzene ring substituents is 1. The van der Waals surface area contributed by atoms with Crippen molar-refractivity contribution in [1.82, 2.24) is 0 Å². The summed E-state index contributed by atoms with van der Waals surface area (Å²) in [5, 5.41) is 22.6. The fourth-order valence-corrected chi connectivity index (χ4v) is 2.30. The van der Waals surface area contributed by atoms with Crippen LogP contribution in [0.5, 0.6) is 0 Å². The number of anilines is 1. The van der Waals surface area contributed by atoms with E-state index in [0.29, 0.717) is 10.6 Å². The number of rotatable bonds is 4. The van der Waals surface area contributed by atoms with Gasteiger partial charge in [0.2, 0.25) is 0 Å². The van der Waals surface area contributed by atoms with Crippen LogP contribution in [0.3, 0.4) is 0 Å². The average molecular weight is 380 g/mol. The number of amides is 1. The molecule has 0 aromatic heterocycles. The molecule has 126 valence electrons. The third-order valence-electron chi connectivity index (χ3n) is 3.04. The molecule has 2 rings (SSSR count). The molecule has 25 heavy (non-hydrogen) atoms. The highest BCUT2D eigenvalue weighted by molar-refractivity contribution is 6.35. The van der Waals surface area contributed by atoms with Crippen molar-refractivity contribution < 1.29 is 14.1 Å². The number of nitrogens with zero attached hydrogens (tertiary/aromatic N) is 2. The summed E-state index contributed by atoms with van der Waals surface area (Å²) < 4.78 is 13.7. The monoisotopic (exact) mass is 379 g/mol. The molecule has 0 heterocycles. The standard InChI is InChI=1S/C16H8Cl2FN3O3/c17-11-2-1-9(13(18)6-11)5-10(8-20)16(23)21-15-7-12(22(24)25)3-4-14(15)19/h1-7H,(H,21,23). The predicted octanol–water partition coefficient (Wildman–Crippen LogP) is 4.59. The molecule has 0 saturated carbocycles. The lowest BCUT2D eigenvalue weighted by Crippen LogP contribution is -2.14. The lowest BCUT2D eigenvalue weighted by molar-refractivity contribution is -0.384. The molecule has 0 aliphatic rings. The maximum absolute atomic E-state index is 13.7. The molecule has 1 N–H and O–H groups in total. The lowest BCUT2D eigenvalue weighted by Gasteiger charge is -2.06. The quantitative estimate of drug-likeness (QED) is 0.363. The zero-order chi connectivity index (χ0) is 18.6. The number of carbonyl (C=O) groups is 1. The van der Waals surface area contributed by atoms with Gasteiger partial charge in [-0.3, -0.25) is 14.9 Å². The molecule has 0 unspecified atom stereocenters. The normalized spacial score (nSPS) is 10.9. The number of carbonyl (C=O) groups excluding carboxylic acids is 1. The Morgan fingerprint density at radius 2 is 2.00 bits per heavy atom. The first kappa shape index (κ1) is 18.4. The van der Waals surface area contributed by atoms with Crippen LogP contribution in [-0.2, 0) is 4.79 Å². The van der Waals surface area contributed by atoms with E-state index in [4.69, 9.17) is 28.5 Å².